The molecule has 0 saturated carbocycles. The SMILES string of the molecule is COC1(OC)C2(Cl)C(Cl)=C(Cl)C1(Cl)c1cc3cc4cc5c(cc4cc3cc12)C1(Cl)C(Cl)=C(Cl)C5(Cl)C1(OC)OC. The van der Waals surface area contributed by atoms with Crippen LogP contribution in [0.2, 0.25) is 0 Å². The van der Waals surface area contributed by atoms with E-state index in [9.17, 15) is 0 Å². The third kappa shape index (κ3) is 2.48. The molecule has 210 valence electrons. The molecule has 4 aliphatic rings. The van der Waals surface area contributed by atoms with Gasteiger partial charge < -0.3 is 18.9 Å². The molecule has 0 radical (unpaired) electrons. The minimum Gasteiger partial charge on any atom is -0.349 e. The van der Waals surface area contributed by atoms with Gasteiger partial charge in [-0.05, 0) is 80.2 Å². The van der Waals surface area contributed by atoms with Gasteiger partial charge in [0.15, 0.2) is 19.5 Å². The molecule has 12 heteroatoms. The van der Waals surface area contributed by atoms with Crippen molar-refractivity contribution in [2.24, 2.45) is 0 Å². The Hall–Kier alpha value is -0.180. The zero-order chi connectivity index (χ0) is 29.0. The van der Waals surface area contributed by atoms with E-state index in [4.69, 9.17) is 112 Å². The number of alkyl halides is 4. The van der Waals surface area contributed by atoms with Crippen LogP contribution in [-0.4, -0.2) is 40.0 Å². The van der Waals surface area contributed by atoms with E-state index >= 15 is 0 Å². The quantitative estimate of drug-likeness (QED) is 0.155. The summed E-state index contributed by atoms with van der Waals surface area (Å²) in [6, 6.07) is 11.7. The van der Waals surface area contributed by atoms with Crippen molar-refractivity contribution in [2.45, 2.75) is 31.1 Å². The molecule has 4 nitrogen and oxygen atoms in total. The molecule has 0 aliphatic heterocycles. The van der Waals surface area contributed by atoms with Crippen LogP contribution in [0.5, 0.6) is 0 Å². The Labute approximate surface area is 269 Å². The molecule has 0 fully saturated rings. The number of ether oxygens (including phenoxy) is 4. The fourth-order valence-electron chi connectivity index (χ4n) is 7.37. The van der Waals surface area contributed by atoms with Gasteiger partial charge in [0.2, 0.25) is 11.6 Å². The van der Waals surface area contributed by atoms with Crippen LogP contribution in [0.3, 0.4) is 0 Å². The van der Waals surface area contributed by atoms with E-state index in [1.807, 2.05) is 36.4 Å². The van der Waals surface area contributed by atoms with Crippen LogP contribution in [0.1, 0.15) is 22.3 Å². The van der Waals surface area contributed by atoms with Crippen molar-refractivity contribution in [3.8, 4) is 0 Å². The number of methoxy groups -OCH3 is 4. The number of rotatable bonds is 4. The average molecular weight is 702 g/mol. The summed E-state index contributed by atoms with van der Waals surface area (Å²) < 4.78 is 23.4. The number of hydrogen-bond acceptors (Lipinski definition) is 4. The van der Waals surface area contributed by atoms with E-state index in [1.54, 1.807) is 0 Å². The summed E-state index contributed by atoms with van der Waals surface area (Å²) in [4.78, 5) is -5.88. The lowest BCUT2D eigenvalue weighted by molar-refractivity contribution is -0.228. The van der Waals surface area contributed by atoms with Crippen LogP contribution in [0.4, 0.5) is 0 Å². The van der Waals surface area contributed by atoms with Crippen molar-refractivity contribution in [3.05, 3.63) is 78.8 Å². The lowest BCUT2D eigenvalue weighted by Crippen LogP contribution is -2.53. The van der Waals surface area contributed by atoms with E-state index in [-0.39, 0.29) is 20.1 Å². The van der Waals surface area contributed by atoms with Crippen molar-refractivity contribution in [1.29, 1.82) is 0 Å². The van der Waals surface area contributed by atoms with E-state index in [1.165, 1.54) is 28.4 Å². The lowest BCUT2D eigenvalue weighted by atomic mass is 9.88. The first-order valence-corrected chi connectivity index (χ1v) is 14.9. The third-order valence-corrected chi connectivity index (χ3v) is 14.1. The Bertz CT molecular complexity index is 1540. The molecule has 3 aromatic carbocycles. The highest BCUT2D eigenvalue weighted by atomic mass is 35.5. The van der Waals surface area contributed by atoms with Crippen molar-refractivity contribution < 1.29 is 18.9 Å². The van der Waals surface area contributed by atoms with Gasteiger partial charge in [0, 0.05) is 28.4 Å². The minimum atomic E-state index is -1.57. The molecule has 4 unspecified atom stereocenters. The summed E-state index contributed by atoms with van der Waals surface area (Å²) >= 11 is 55.8. The fourth-order valence-corrected chi connectivity index (χ4v) is 11.3. The molecular weight excluding hydrogens is 684 g/mol. The second kappa shape index (κ2) is 8.29. The van der Waals surface area contributed by atoms with Gasteiger partial charge in [0.1, 0.15) is 0 Å². The fraction of sp³-hybridized carbons (Fsp3) is 0.357. The summed E-state index contributed by atoms with van der Waals surface area (Å²) in [5.41, 5.74) is 2.55. The Kier molecular flexibility index (Phi) is 5.93. The van der Waals surface area contributed by atoms with Crippen molar-refractivity contribution in [2.75, 3.05) is 28.4 Å². The highest BCUT2D eigenvalue weighted by Crippen LogP contribution is 2.76. The van der Waals surface area contributed by atoms with Crippen LogP contribution < -0.4 is 0 Å². The van der Waals surface area contributed by atoms with E-state index < -0.39 is 31.1 Å². The number of hydrogen-bond donors (Lipinski definition) is 0. The van der Waals surface area contributed by atoms with Gasteiger partial charge in [0.25, 0.3) is 0 Å². The second-order valence-corrected chi connectivity index (χ2v) is 14.1. The largest absolute Gasteiger partial charge is 0.349 e. The van der Waals surface area contributed by atoms with Gasteiger partial charge >= 0.3 is 0 Å². The highest BCUT2D eigenvalue weighted by molar-refractivity contribution is 6.53. The standard InChI is InChI=1S/C28H18Cl8O4/c1-37-27(38-2)23(33)15-7-11-5-13-9-17-18(26(36)22(32)21(31)25(17,35)28(26,39-3)40-4)10-14(13)6-12(11)8-16(15)24(27,34)20(30)19(23)29/h5-10H,1-4H3. The van der Waals surface area contributed by atoms with Crippen LogP contribution in [-0.2, 0) is 38.4 Å². The minimum absolute atomic E-state index is 0.154. The maximum Gasteiger partial charge on any atom is 0.225 e. The normalized spacial score (nSPS) is 34.5. The lowest BCUT2D eigenvalue weighted by Gasteiger charge is -2.40. The molecule has 4 atom stereocenters. The summed E-state index contributed by atoms with van der Waals surface area (Å²) in [6.07, 6.45) is 0. The maximum atomic E-state index is 7.25. The zero-order valence-corrected chi connectivity index (χ0v) is 27.2. The molecule has 0 heterocycles. The molecule has 3 aromatic rings. The van der Waals surface area contributed by atoms with Crippen molar-refractivity contribution in [3.63, 3.8) is 0 Å². The Morgan fingerprint density at radius 3 is 0.775 bits per heavy atom. The molecule has 40 heavy (non-hydrogen) atoms. The van der Waals surface area contributed by atoms with Gasteiger partial charge in [-0.2, -0.15) is 0 Å². The van der Waals surface area contributed by atoms with Gasteiger partial charge in [-0.3, -0.25) is 0 Å². The van der Waals surface area contributed by atoms with Crippen molar-refractivity contribution in [1.82, 2.24) is 0 Å². The van der Waals surface area contributed by atoms with Crippen LogP contribution in [0.25, 0.3) is 21.5 Å². The highest BCUT2D eigenvalue weighted by Gasteiger charge is 2.81. The van der Waals surface area contributed by atoms with E-state index in [0.717, 1.165) is 21.5 Å². The van der Waals surface area contributed by atoms with E-state index in [2.05, 4.69) is 0 Å². The van der Waals surface area contributed by atoms with Gasteiger partial charge in [-0.1, -0.05) is 46.4 Å². The summed E-state index contributed by atoms with van der Waals surface area (Å²) in [5, 5.41) is 4.05. The first-order valence-electron chi connectivity index (χ1n) is 11.9. The molecule has 4 aliphatic carbocycles. The smallest absolute Gasteiger partial charge is 0.225 e. The number of halogens is 8. The van der Waals surface area contributed by atoms with Crippen LogP contribution in [0, 0.1) is 0 Å². The molecular formula is C28H18Cl8O4. The van der Waals surface area contributed by atoms with Crippen LogP contribution in [0.15, 0.2) is 56.5 Å². The van der Waals surface area contributed by atoms with Crippen molar-refractivity contribution >= 4 is 114 Å². The first-order chi connectivity index (χ1) is 18.8. The molecule has 4 bridgehead atoms. The zero-order valence-electron chi connectivity index (χ0n) is 21.1. The molecule has 7 rings (SSSR count). The van der Waals surface area contributed by atoms with Gasteiger partial charge in [-0.25, -0.2) is 0 Å². The Balaban J connectivity index is 1.52. The first kappa shape index (κ1) is 28.6. The predicted octanol–water partition coefficient (Wildman–Crippen LogP) is 9.14. The molecule has 0 N–H and O–H groups in total. The van der Waals surface area contributed by atoms with Gasteiger partial charge in [-0.15, -0.1) is 46.4 Å². The maximum absolute atomic E-state index is 7.25. The average Bonchev–Trinajstić information content (AvgIpc) is 3.35. The molecule has 0 amide bonds. The Morgan fingerprint density at radius 2 is 0.600 bits per heavy atom. The number of fused-ring (bicyclic) bond motifs is 12. The third-order valence-electron chi connectivity index (χ3n) is 9.11. The summed E-state index contributed by atoms with van der Waals surface area (Å²) in [7, 11) is 5.84. The molecule has 0 spiro atoms. The predicted molar refractivity (Wildman–Crippen MR) is 163 cm³/mol. The number of benzene rings is 3. The monoisotopic (exact) mass is 698 g/mol. The molecule has 0 saturated heterocycles. The van der Waals surface area contributed by atoms with E-state index in [0.29, 0.717) is 22.3 Å². The van der Waals surface area contributed by atoms with Gasteiger partial charge in [0.05, 0.1) is 20.1 Å². The summed E-state index contributed by atoms with van der Waals surface area (Å²) in [5.74, 6) is -3.15. The second-order valence-electron chi connectivity index (χ2n) is 10.3. The summed E-state index contributed by atoms with van der Waals surface area (Å²) in [6.45, 7) is 0. The molecule has 0 aromatic heterocycles. The topological polar surface area (TPSA) is 36.9 Å². The van der Waals surface area contributed by atoms with Crippen LogP contribution >= 0.6 is 92.8 Å². The Morgan fingerprint density at radius 1 is 0.400 bits per heavy atom.